The van der Waals surface area contributed by atoms with E-state index in [-0.39, 0.29) is 11.4 Å². The molecule has 4 rings (SSSR count). The zero-order valence-corrected chi connectivity index (χ0v) is 14.1. The Morgan fingerprint density at radius 2 is 2.04 bits per heavy atom. The zero-order valence-electron chi connectivity index (χ0n) is 14.1. The van der Waals surface area contributed by atoms with E-state index < -0.39 is 5.60 Å². The molecule has 0 radical (unpaired) electrons. The Bertz CT molecular complexity index is 909. The normalized spacial score (nSPS) is 18.5. The van der Waals surface area contributed by atoms with Crippen LogP contribution in [0.5, 0.6) is 11.6 Å². The first-order valence-corrected chi connectivity index (χ1v) is 8.64. The number of Topliss-reactive ketones (excluding diaryl/α,β-unsaturated/α-hetero) is 1. The largest absolute Gasteiger partial charge is 0.477 e. The molecule has 1 aromatic heterocycles. The molecule has 0 N–H and O–H groups in total. The third-order valence-corrected chi connectivity index (χ3v) is 4.81. The highest BCUT2D eigenvalue weighted by Gasteiger charge is 2.50. The number of ether oxygens (including phenoxy) is 2. The maximum absolute atomic E-state index is 12.8. The standard InChI is InChI=1S/C20H17N3O3/c21-12-16-18(26-20(19(16)24)8-2-1-3-9-20)14-5-4-6-15(11-14)25-17-7-10-22-13-23-17/h4-7,10-11,13H,1-3,8-9H2. The minimum absolute atomic E-state index is 0.103. The Morgan fingerprint density at radius 3 is 2.77 bits per heavy atom. The molecule has 1 fully saturated rings. The van der Waals surface area contributed by atoms with Crippen LogP contribution in [0.25, 0.3) is 5.76 Å². The Kier molecular flexibility index (Phi) is 4.13. The van der Waals surface area contributed by atoms with Crippen LogP contribution in [0.1, 0.15) is 37.7 Å². The molecular formula is C20H17N3O3. The molecule has 1 saturated carbocycles. The number of rotatable bonds is 3. The molecule has 1 aliphatic heterocycles. The van der Waals surface area contributed by atoms with Crippen molar-refractivity contribution in [3.63, 3.8) is 0 Å². The van der Waals surface area contributed by atoms with Gasteiger partial charge in [-0.15, -0.1) is 0 Å². The van der Waals surface area contributed by atoms with E-state index >= 15 is 0 Å². The maximum Gasteiger partial charge on any atom is 0.222 e. The molecule has 26 heavy (non-hydrogen) atoms. The zero-order chi connectivity index (χ0) is 18.0. The summed E-state index contributed by atoms with van der Waals surface area (Å²) in [6.07, 6.45) is 7.30. The van der Waals surface area contributed by atoms with Crippen LogP contribution in [0.15, 0.2) is 48.4 Å². The first-order valence-electron chi connectivity index (χ1n) is 8.64. The SMILES string of the molecule is N#CC1=C(c2cccc(Oc3ccncn3)c2)OC2(CCCCC2)C1=O. The first kappa shape index (κ1) is 16.3. The van der Waals surface area contributed by atoms with Crippen LogP contribution in [0.2, 0.25) is 0 Å². The lowest BCUT2D eigenvalue weighted by Gasteiger charge is -2.31. The highest BCUT2D eigenvalue weighted by molar-refractivity contribution is 6.13. The Labute approximate surface area is 151 Å². The van der Waals surface area contributed by atoms with Crippen molar-refractivity contribution in [1.82, 2.24) is 9.97 Å². The summed E-state index contributed by atoms with van der Waals surface area (Å²) in [5, 5.41) is 9.53. The first-order chi connectivity index (χ1) is 12.7. The van der Waals surface area contributed by atoms with Gasteiger partial charge in [-0.25, -0.2) is 9.97 Å². The van der Waals surface area contributed by atoms with Crippen LogP contribution in [-0.4, -0.2) is 21.4 Å². The summed E-state index contributed by atoms with van der Waals surface area (Å²) in [6.45, 7) is 0. The van der Waals surface area contributed by atoms with Crippen LogP contribution in [0, 0.1) is 11.3 Å². The second-order valence-electron chi connectivity index (χ2n) is 6.48. The molecule has 2 aromatic rings. The van der Waals surface area contributed by atoms with Crippen LogP contribution in [-0.2, 0) is 9.53 Å². The lowest BCUT2D eigenvalue weighted by molar-refractivity contribution is -0.131. The number of benzene rings is 1. The van der Waals surface area contributed by atoms with E-state index in [1.807, 2.05) is 12.1 Å². The molecule has 2 heterocycles. The number of hydrogen-bond acceptors (Lipinski definition) is 6. The minimum atomic E-state index is -0.859. The molecule has 0 bridgehead atoms. The summed E-state index contributed by atoms with van der Waals surface area (Å²) in [7, 11) is 0. The van der Waals surface area contributed by atoms with E-state index in [0.717, 1.165) is 19.3 Å². The second kappa shape index (κ2) is 6.60. The average molecular weight is 347 g/mol. The molecule has 6 nitrogen and oxygen atoms in total. The molecule has 1 spiro atoms. The number of ketones is 1. The highest BCUT2D eigenvalue weighted by atomic mass is 16.5. The van der Waals surface area contributed by atoms with E-state index in [4.69, 9.17) is 9.47 Å². The van der Waals surface area contributed by atoms with Gasteiger partial charge >= 0.3 is 0 Å². The van der Waals surface area contributed by atoms with Crippen LogP contribution in [0.3, 0.4) is 0 Å². The van der Waals surface area contributed by atoms with Crippen LogP contribution < -0.4 is 4.74 Å². The molecule has 0 atom stereocenters. The van der Waals surface area contributed by atoms with Gasteiger partial charge in [0.25, 0.3) is 0 Å². The van der Waals surface area contributed by atoms with Crippen molar-refractivity contribution >= 4 is 11.5 Å². The third-order valence-electron chi connectivity index (χ3n) is 4.81. The molecule has 0 amide bonds. The van der Waals surface area contributed by atoms with E-state index in [0.29, 0.717) is 35.8 Å². The van der Waals surface area contributed by atoms with Crippen molar-refractivity contribution in [2.75, 3.05) is 0 Å². The smallest absolute Gasteiger partial charge is 0.222 e. The molecule has 6 heteroatoms. The number of aromatic nitrogens is 2. The lowest BCUT2D eigenvalue weighted by atomic mass is 9.81. The Balaban J connectivity index is 1.66. The van der Waals surface area contributed by atoms with Gasteiger partial charge in [-0.2, -0.15) is 5.26 Å². The Hall–Kier alpha value is -3.20. The highest BCUT2D eigenvalue weighted by Crippen LogP contribution is 2.44. The van der Waals surface area contributed by atoms with Crippen molar-refractivity contribution in [1.29, 1.82) is 5.26 Å². The van der Waals surface area contributed by atoms with Gasteiger partial charge in [-0.3, -0.25) is 4.79 Å². The molecule has 1 aromatic carbocycles. The van der Waals surface area contributed by atoms with Gasteiger partial charge in [0.15, 0.2) is 5.60 Å². The summed E-state index contributed by atoms with van der Waals surface area (Å²) in [6, 6.07) is 10.8. The second-order valence-corrected chi connectivity index (χ2v) is 6.48. The van der Waals surface area contributed by atoms with Crippen molar-refractivity contribution in [3.8, 4) is 17.7 Å². The van der Waals surface area contributed by atoms with Gasteiger partial charge in [-0.1, -0.05) is 18.6 Å². The minimum Gasteiger partial charge on any atom is -0.477 e. The number of nitrogens with zero attached hydrogens (tertiary/aromatic N) is 3. The van der Waals surface area contributed by atoms with Crippen molar-refractivity contribution < 1.29 is 14.3 Å². The topological polar surface area (TPSA) is 85.1 Å². The summed E-state index contributed by atoms with van der Waals surface area (Å²) in [5.41, 5.74) is -0.0997. The van der Waals surface area contributed by atoms with Gasteiger partial charge in [0.05, 0.1) is 0 Å². The predicted molar refractivity (Wildman–Crippen MR) is 93.0 cm³/mol. The average Bonchev–Trinajstić information content (AvgIpc) is 2.95. The predicted octanol–water partition coefficient (Wildman–Crippen LogP) is 3.81. The number of nitriles is 1. The number of hydrogen-bond donors (Lipinski definition) is 0. The summed E-state index contributed by atoms with van der Waals surface area (Å²) < 4.78 is 11.8. The van der Waals surface area contributed by atoms with Crippen molar-refractivity contribution in [2.24, 2.45) is 0 Å². The summed E-state index contributed by atoms with van der Waals surface area (Å²) in [4.78, 5) is 20.7. The van der Waals surface area contributed by atoms with Gasteiger partial charge in [-0.05, 0) is 37.8 Å². The van der Waals surface area contributed by atoms with E-state index in [9.17, 15) is 10.1 Å². The molecule has 0 saturated heterocycles. The summed E-state index contributed by atoms with van der Waals surface area (Å²) >= 11 is 0. The molecule has 1 aliphatic carbocycles. The fourth-order valence-electron chi connectivity index (χ4n) is 3.54. The van der Waals surface area contributed by atoms with Gasteiger partial charge in [0, 0.05) is 17.8 Å². The van der Waals surface area contributed by atoms with Gasteiger partial charge in [0.1, 0.15) is 29.5 Å². The molecule has 0 unspecified atom stereocenters. The molecule has 130 valence electrons. The number of carbonyl (C=O) groups is 1. The third kappa shape index (κ3) is 2.82. The summed E-state index contributed by atoms with van der Waals surface area (Å²) in [5.74, 6) is 1.13. The van der Waals surface area contributed by atoms with Crippen molar-refractivity contribution in [3.05, 3.63) is 54.0 Å². The fraction of sp³-hybridized carbons (Fsp3) is 0.300. The maximum atomic E-state index is 12.8. The lowest BCUT2D eigenvalue weighted by Crippen LogP contribution is -2.39. The quantitative estimate of drug-likeness (QED) is 0.839. The molecular weight excluding hydrogens is 330 g/mol. The Morgan fingerprint density at radius 1 is 1.19 bits per heavy atom. The monoisotopic (exact) mass is 347 g/mol. The van der Waals surface area contributed by atoms with E-state index in [1.54, 1.807) is 30.5 Å². The fourth-order valence-corrected chi connectivity index (χ4v) is 3.54. The van der Waals surface area contributed by atoms with E-state index in [1.165, 1.54) is 6.33 Å². The molecule has 2 aliphatic rings. The number of carbonyl (C=O) groups excluding carboxylic acids is 1. The van der Waals surface area contributed by atoms with Crippen molar-refractivity contribution in [2.45, 2.75) is 37.7 Å². The van der Waals surface area contributed by atoms with E-state index in [2.05, 4.69) is 9.97 Å². The van der Waals surface area contributed by atoms with Gasteiger partial charge < -0.3 is 9.47 Å². The van der Waals surface area contributed by atoms with Crippen LogP contribution >= 0.6 is 0 Å². The van der Waals surface area contributed by atoms with Crippen LogP contribution in [0.4, 0.5) is 0 Å². The van der Waals surface area contributed by atoms with Gasteiger partial charge in [0.2, 0.25) is 11.7 Å².